The predicted octanol–water partition coefficient (Wildman–Crippen LogP) is 3.81. The summed E-state index contributed by atoms with van der Waals surface area (Å²) in [6.07, 6.45) is 1.80. The van der Waals surface area contributed by atoms with Crippen LogP contribution in [-0.2, 0) is 6.61 Å². The predicted molar refractivity (Wildman–Crippen MR) is 83.5 cm³/mol. The first-order valence-corrected chi connectivity index (χ1v) is 6.70. The molecule has 0 saturated heterocycles. The Morgan fingerprint density at radius 1 is 1.10 bits per heavy atom. The lowest BCUT2D eigenvalue weighted by atomic mass is 10.2. The molecule has 20 heavy (non-hydrogen) atoms. The van der Waals surface area contributed by atoms with E-state index >= 15 is 0 Å². The van der Waals surface area contributed by atoms with Gasteiger partial charge < -0.3 is 9.75 Å². The first-order valence-electron chi connectivity index (χ1n) is 6.33. The zero-order valence-corrected chi connectivity index (χ0v) is 12.3. The highest BCUT2D eigenvalue weighted by Gasteiger charge is 2.00. The van der Waals surface area contributed by atoms with Crippen LogP contribution in [0.3, 0.4) is 0 Å². The van der Waals surface area contributed by atoms with Gasteiger partial charge in [0.25, 0.3) is 0 Å². The molecule has 4 heteroatoms. The van der Waals surface area contributed by atoms with Crippen molar-refractivity contribution < 1.29 is 4.74 Å². The lowest BCUT2D eigenvalue weighted by Gasteiger charge is -2.08. The molecule has 0 fully saturated rings. The molecule has 2 aromatic carbocycles. The monoisotopic (exact) mass is 288 g/mol. The van der Waals surface area contributed by atoms with E-state index in [0.717, 1.165) is 21.9 Å². The van der Waals surface area contributed by atoms with E-state index in [-0.39, 0.29) is 0 Å². The summed E-state index contributed by atoms with van der Waals surface area (Å²) >= 11 is 6.08. The Labute approximate surface area is 124 Å². The minimum Gasteiger partial charge on any atom is -0.489 e. The van der Waals surface area contributed by atoms with Crippen molar-refractivity contribution >= 4 is 17.8 Å². The molecular formula is C16H17ClN2O. The zero-order valence-electron chi connectivity index (χ0n) is 11.6. The van der Waals surface area contributed by atoms with Gasteiger partial charge in [-0.25, -0.2) is 0 Å². The topological polar surface area (TPSA) is 24.8 Å². The van der Waals surface area contributed by atoms with E-state index in [1.54, 1.807) is 11.2 Å². The Bertz CT molecular complexity index is 579. The summed E-state index contributed by atoms with van der Waals surface area (Å²) in [5.74, 6) is 0.812. The molecule has 0 N–H and O–H groups in total. The molecule has 0 saturated carbocycles. The van der Waals surface area contributed by atoms with Gasteiger partial charge in [-0.15, -0.1) is 0 Å². The second-order valence-corrected chi connectivity index (χ2v) is 4.95. The minimum atomic E-state index is 0.463. The third kappa shape index (κ3) is 4.28. The van der Waals surface area contributed by atoms with Crippen molar-refractivity contribution in [2.75, 3.05) is 14.1 Å². The van der Waals surface area contributed by atoms with Crippen LogP contribution in [0.2, 0.25) is 5.02 Å². The Morgan fingerprint density at radius 2 is 1.80 bits per heavy atom. The van der Waals surface area contributed by atoms with Gasteiger partial charge in [-0.2, -0.15) is 5.10 Å². The van der Waals surface area contributed by atoms with E-state index < -0.39 is 0 Å². The van der Waals surface area contributed by atoms with Crippen LogP contribution in [0.15, 0.2) is 53.6 Å². The average molecular weight is 289 g/mol. The van der Waals surface area contributed by atoms with Crippen molar-refractivity contribution in [2.24, 2.45) is 5.10 Å². The number of hydrogen-bond donors (Lipinski definition) is 0. The maximum Gasteiger partial charge on any atom is 0.119 e. The van der Waals surface area contributed by atoms with Gasteiger partial charge in [-0.3, -0.25) is 0 Å². The standard InChI is InChI=1S/C16H17ClN2O/c1-19(2)18-11-13-7-9-15(10-8-13)20-12-14-5-3-4-6-16(14)17/h3-11H,12H2,1-2H3/b18-11+. The largest absolute Gasteiger partial charge is 0.489 e. The van der Waals surface area contributed by atoms with Crippen molar-refractivity contribution in [3.8, 4) is 5.75 Å². The molecule has 0 unspecified atom stereocenters. The second-order valence-electron chi connectivity index (χ2n) is 4.54. The van der Waals surface area contributed by atoms with E-state index in [2.05, 4.69) is 5.10 Å². The summed E-state index contributed by atoms with van der Waals surface area (Å²) in [5.41, 5.74) is 2.01. The summed E-state index contributed by atoms with van der Waals surface area (Å²) in [6, 6.07) is 15.5. The van der Waals surface area contributed by atoms with Gasteiger partial charge in [0, 0.05) is 24.7 Å². The molecule has 0 amide bonds. The third-order valence-corrected chi connectivity index (χ3v) is 3.04. The van der Waals surface area contributed by atoms with Crippen LogP contribution in [0.25, 0.3) is 0 Å². The first-order chi connectivity index (χ1) is 9.65. The van der Waals surface area contributed by atoms with Gasteiger partial charge in [-0.1, -0.05) is 29.8 Å². The van der Waals surface area contributed by atoms with Crippen molar-refractivity contribution in [2.45, 2.75) is 6.61 Å². The lowest BCUT2D eigenvalue weighted by molar-refractivity contribution is 0.306. The number of rotatable bonds is 5. The molecule has 0 bridgehead atoms. The summed E-state index contributed by atoms with van der Waals surface area (Å²) in [4.78, 5) is 0. The molecule has 0 heterocycles. The summed E-state index contributed by atoms with van der Waals surface area (Å²) in [5, 5.41) is 6.66. The van der Waals surface area contributed by atoms with E-state index in [9.17, 15) is 0 Å². The van der Waals surface area contributed by atoms with Crippen LogP contribution in [-0.4, -0.2) is 25.3 Å². The van der Waals surface area contributed by atoms with Crippen LogP contribution >= 0.6 is 11.6 Å². The first kappa shape index (κ1) is 14.4. The molecule has 0 aliphatic heterocycles. The van der Waals surface area contributed by atoms with Gasteiger partial charge in [0.1, 0.15) is 12.4 Å². The van der Waals surface area contributed by atoms with E-state index in [0.29, 0.717) is 6.61 Å². The second kappa shape index (κ2) is 6.96. The lowest BCUT2D eigenvalue weighted by Crippen LogP contribution is -2.01. The maximum atomic E-state index is 6.08. The van der Waals surface area contributed by atoms with Gasteiger partial charge in [0.15, 0.2) is 0 Å². The number of ether oxygens (including phenoxy) is 1. The van der Waals surface area contributed by atoms with Crippen LogP contribution in [0.4, 0.5) is 0 Å². The van der Waals surface area contributed by atoms with Crippen LogP contribution < -0.4 is 4.74 Å². The smallest absolute Gasteiger partial charge is 0.119 e. The summed E-state index contributed by atoms with van der Waals surface area (Å²) < 4.78 is 5.71. The Balaban J connectivity index is 1.96. The highest BCUT2D eigenvalue weighted by atomic mass is 35.5. The fourth-order valence-electron chi connectivity index (χ4n) is 1.61. The van der Waals surface area contributed by atoms with Gasteiger partial charge in [0.05, 0.1) is 6.21 Å². The molecule has 0 aliphatic rings. The number of hydrogen-bond acceptors (Lipinski definition) is 3. The van der Waals surface area contributed by atoms with Gasteiger partial charge in [-0.05, 0) is 35.9 Å². The third-order valence-electron chi connectivity index (χ3n) is 2.67. The molecule has 0 spiro atoms. The molecule has 3 nitrogen and oxygen atoms in total. The van der Waals surface area contributed by atoms with Crippen molar-refractivity contribution in [1.29, 1.82) is 0 Å². The number of halogens is 1. The number of hydrazone groups is 1. The Hall–Kier alpha value is -2.00. The van der Waals surface area contributed by atoms with E-state index in [1.165, 1.54) is 0 Å². The number of benzene rings is 2. The normalized spacial score (nSPS) is 10.8. The van der Waals surface area contributed by atoms with Crippen LogP contribution in [0, 0.1) is 0 Å². The zero-order chi connectivity index (χ0) is 14.4. The SMILES string of the molecule is CN(C)/N=C/c1ccc(OCc2ccccc2Cl)cc1. The summed E-state index contributed by atoms with van der Waals surface area (Å²) in [7, 11) is 3.77. The van der Waals surface area contributed by atoms with Gasteiger partial charge in [0.2, 0.25) is 0 Å². The maximum absolute atomic E-state index is 6.08. The van der Waals surface area contributed by atoms with Crippen LogP contribution in [0.1, 0.15) is 11.1 Å². The molecule has 104 valence electrons. The fraction of sp³-hybridized carbons (Fsp3) is 0.188. The highest BCUT2D eigenvalue weighted by Crippen LogP contribution is 2.18. The van der Waals surface area contributed by atoms with Crippen molar-refractivity contribution in [3.05, 3.63) is 64.7 Å². The van der Waals surface area contributed by atoms with E-state index in [1.807, 2.05) is 62.6 Å². The molecule has 2 aromatic rings. The van der Waals surface area contributed by atoms with Crippen molar-refractivity contribution in [1.82, 2.24) is 5.01 Å². The van der Waals surface area contributed by atoms with Gasteiger partial charge >= 0.3 is 0 Å². The van der Waals surface area contributed by atoms with E-state index in [4.69, 9.17) is 16.3 Å². The Kier molecular flexibility index (Phi) is 5.02. The number of nitrogens with zero attached hydrogens (tertiary/aromatic N) is 2. The quantitative estimate of drug-likeness (QED) is 0.617. The molecule has 0 atom stereocenters. The minimum absolute atomic E-state index is 0.463. The van der Waals surface area contributed by atoms with Crippen LogP contribution in [0.5, 0.6) is 5.75 Å². The molecular weight excluding hydrogens is 272 g/mol. The molecule has 2 rings (SSSR count). The molecule has 0 radical (unpaired) electrons. The Morgan fingerprint density at radius 3 is 2.45 bits per heavy atom. The fourth-order valence-corrected chi connectivity index (χ4v) is 1.80. The highest BCUT2D eigenvalue weighted by molar-refractivity contribution is 6.31. The summed E-state index contributed by atoms with van der Waals surface area (Å²) in [6.45, 7) is 0.463. The molecule has 0 aromatic heterocycles. The van der Waals surface area contributed by atoms with Crippen molar-refractivity contribution in [3.63, 3.8) is 0 Å². The molecule has 0 aliphatic carbocycles. The average Bonchev–Trinajstić information content (AvgIpc) is 2.45.